The average molecular weight is 351 g/mol. The number of H-pyrrole nitrogens is 1. The van der Waals surface area contributed by atoms with E-state index in [-0.39, 0.29) is 18.4 Å². The van der Waals surface area contributed by atoms with Gasteiger partial charge in [-0.05, 0) is 66.5 Å². The third-order valence-electron chi connectivity index (χ3n) is 4.84. The molecule has 1 aliphatic carbocycles. The van der Waals surface area contributed by atoms with Crippen molar-refractivity contribution >= 4 is 16.9 Å². The average Bonchev–Trinajstić information content (AvgIpc) is 3.40. The number of fused-ring (bicyclic) bond motifs is 1. The van der Waals surface area contributed by atoms with Crippen LogP contribution in [0, 0.1) is 12.7 Å². The molecule has 26 heavy (non-hydrogen) atoms. The Morgan fingerprint density at radius 3 is 2.69 bits per heavy atom. The molecular formula is C21H22FN3O. The molecule has 0 saturated heterocycles. The van der Waals surface area contributed by atoms with Gasteiger partial charge in [-0.1, -0.05) is 18.2 Å². The van der Waals surface area contributed by atoms with Crippen LogP contribution in [-0.2, 0) is 13.1 Å². The van der Waals surface area contributed by atoms with E-state index in [0.29, 0.717) is 18.0 Å². The van der Waals surface area contributed by atoms with Crippen molar-refractivity contribution < 1.29 is 9.18 Å². The molecule has 0 atom stereocenters. The van der Waals surface area contributed by atoms with Gasteiger partial charge in [-0.15, -0.1) is 0 Å². The Morgan fingerprint density at radius 1 is 1.12 bits per heavy atom. The van der Waals surface area contributed by atoms with Crippen LogP contribution in [0.5, 0.6) is 0 Å². The zero-order valence-electron chi connectivity index (χ0n) is 14.7. The molecule has 1 heterocycles. The minimum absolute atomic E-state index is 0.179. The van der Waals surface area contributed by atoms with E-state index in [0.717, 1.165) is 40.6 Å². The monoisotopic (exact) mass is 351 g/mol. The predicted molar refractivity (Wildman–Crippen MR) is 100 cm³/mol. The maximum Gasteiger partial charge on any atom is 0.315 e. The largest absolute Gasteiger partial charge is 0.359 e. The highest BCUT2D eigenvalue weighted by Gasteiger charge is 2.24. The van der Waals surface area contributed by atoms with Gasteiger partial charge in [0.1, 0.15) is 5.82 Å². The van der Waals surface area contributed by atoms with Crippen molar-refractivity contribution in [1.82, 2.24) is 15.6 Å². The molecule has 3 aromatic rings. The first-order valence-corrected chi connectivity index (χ1v) is 8.97. The summed E-state index contributed by atoms with van der Waals surface area (Å²) < 4.78 is 14.1. The number of aryl methyl sites for hydroxylation is 1. The molecule has 1 fully saturated rings. The van der Waals surface area contributed by atoms with Gasteiger partial charge in [0, 0.05) is 29.9 Å². The van der Waals surface area contributed by atoms with E-state index in [1.165, 1.54) is 0 Å². The molecular weight excluding hydrogens is 329 g/mol. The molecule has 0 unspecified atom stereocenters. The fourth-order valence-corrected chi connectivity index (χ4v) is 3.24. The van der Waals surface area contributed by atoms with Gasteiger partial charge in [0.25, 0.3) is 0 Å². The molecule has 0 aliphatic heterocycles. The normalized spacial score (nSPS) is 13.8. The first-order valence-electron chi connectivity index (χ1n) is 8.97. The van der Waals surface area contributed by atoms with E-state index in [1.54, 1.807) is 12.1 Å². The maximum atomic E-state index is 14.1. The smallest absolute Gasteiger partial charge is 0.315 e. The first-order chi connectivity index (χ1) is 12.6. The van der Waals surface area contributed by atoms with E-state index in [9.17, 15) is 9.18 Å². The SMILES string of the molecule is Cc1cc2cc(CNC(=O)NCc3ccc(C4CC4)cc3F)ccc2[nH]1. The summed E-state index contributed by atoms with van der Waals surface area (Å²) in [4.78, 5) is 15.3. The number of amides is 2. The summed E-state index contributed by atoms with van der Waals surface area (Å²) >= 11 is 0. The molecule has 1 aliphatic rings. The predicted octanol–water partition coefficient (Wildman–Crippen LogP) is 4.49. The summed E-state index contributed by atoms with van der Waals surface area (Å²) in [6.45, 7) is 2.62. The Bertz CT molecular complexity index is 959. The number of carbonyl (C=O) groups excluding carboxylic acids is 1. The number of rotatable bonds is 5. The summed E-state index contributed by atoms with van der Waals surface area (Å²) in [6.07, 6.45) is 2.29. The number of carbonyl (C=O) groups is 1. The highest BCUT2D eigenvalue weighted by Crippen LogP contribution is 2.40. The number of hydrogen-bond donors (Lipinski definition) is 3. The molecule has 3 N–H and O–H groups in total. The van der Waals surface area contributed by atoms with Crippen LogP contribution in [0.15, 0.2) is 42.5 Å². The number of aromatic nitrogens is 1. The molecule has 4 rings (SSSR count). The van der Waals surface area contributed by atoms with Gasteiger partial charge in [0.15, 0.2) is 0 Å². The molecule has 5 heteroatoms. The lowest BCUT2D eigenvalue weighted by atomic mass is 10.1. The summed E-state index contributed by atoms with van der Waals surface area (Å²) in [5, 5.41) is 6.66. The van der Waals surface area contributed by atoms with Crippen molar-refractivity contribution in [2.24, 2.45) is 0 Å². The highest BCUT2D eigenvalue weighted by molar-refractivity contribution is 5.81. The van der Waals surface area contributed by atoms with Crippen LogP contribution in [0.25, 0.3) is 10.9 Å². The second-order valence-corrected chi connectivity index (χ2v) is 7.04. The molecule has 2 amide bonds. The van der Waals surface area contributed by atoms with Crippen LogP contribution in [0.1, 0.15) is 41.1 Å². The fourth-order valence-electron chi connectivity index (χ4n) is 3.24. The third-order valence-corrected chi connectivity index (χ3v) is 4.84. The van der Waals surface area contributed by atoms with E-state index in [4.69, 9.17) is 0 Å². The van der Waals surface area contributed by atoms with Crippen LogP contribution < -0.4 is 10.6 Å². The lowest BCUT2D eigenvalue weighted by Crippen LogP contribution is -2.34. The molecule has 2 aromatic carbocycles. The minimum Gasteiger partial charge on any atom is -0.359 e. The van der Waals surface area contributed by atoms with Crippen molar-refractivity contribution in [3.05, 3.63) is 70.7 Å². The highest BCUT2D eigenvalue weighted by atomic mass is 19.1. The first kappa shape index (κ1) is 16.6. The van der Waals surface area contributed by atoms with E-state index in [1.807, 2.05) is 25.1 Å². The van der Waals surface area contributed by atoms with E-state index < -0.39 is 0 Å². The Morgan fingerprint density at radius 2 is 1.92 bits per heavy atom. The van der Waals surface area contributed by atoms with Crippen molar-refractivity contribution in [2.75, 3.05) is 0 Å². The number of aromatic amines is 1. The van der Waals surface area contributed by atoms with Gasteiger partial charge >= 0.3 is 6.03 Å². The summed E-state index contributed by atoms with van der Waals surface area (Å²) in [5.41, 5.74) is 4.78. The lowest BCUT2D eigenvalue weighted by molar-refractivity contribution is 0.240. The number of hydrogen-bond acceptors (Lipinski definition) is 1. The van der Waals surface area contributed by atoms with Crippen LogP contribution in [0.2, 0.25) is 0 Å². The maximum absolute atomic E-state index is 14.1. The van der Waals surface area contributed by atoms with Crippen molar-refractivity contribution in [3.8, 4) is 0 Å². The number of benzene rings is 2. The van der Waals surface area contributed by atoms with Gasteiger partial charge in [0.05, 0.1) is 0 Å². The van der Waals surface area contributed by atoms with Gasteiger partial charge in [-0.2, -0.15) is 0 Å². The summed E-state index contributed by atoms with van der Waals surface area (Å²) in [6, 6.07) is 13.1. The van der Waals surface area contributed by atoms with Crippen LogP contribution in [0.3, 0.4) is 0 Å². The van der Waals surface area contributed by atoms with Gasteiger partial charge in [-0.3, -0.25) is 0 Å². The number of urea groups is 1. The van der Waals surface area contributed by atoms with Crippen molar-refractivity contribution in [2.45, 2.75) is 38.8 Å². The Kier molecular flexibility index (Phi) is 4.37. The number of nitrogens with one attached hydrogen (secondary N) is 3. The van der Waals surface area contributed by atoms with E-state index >= 15 is 0 Å². The fraction of sp³-hybridized carbons (Fsp3) is 0.286. The molecule has 134 valence electrons. The summed E-state index contributed by atoms with van der Waals surface area (Å²) in [7, 11) is 0. The van der Waals surface area contributed by atoms with Gasteiger partial charge < -0.3 is 15.6 Å². The Labute approximate surface area is 151 Å². The van der Waals surface area contributed by atoms with Gasteiger partial charge in [-0.25, -0.2) is 9.18 Å². The standard InChI is InChI=1S/C21H22FN3O/c1-13-8-18-9-14(2-7-20(18)25-13)11-23-21(26)24-12-17-6-5-16(10-19(17)22)15-3-4-15/h2,5-10,15,25H,3-4,11-12H2,1H3,(H2,23,24,26). The van der Waals surface area contributed by atoms with Crippen molar-refractivity contribution in [3.63, 3.8) is 0 Å². The minimum atomic E-state index is -0.305. The molecule has 1 saturated carbocycles. The van der Waals surface area contributed by atoms with Gasteiger partial charge in [0.2, 0.25) is 0 Å². The molecule has 1 aromatic heterocycles. The second kappa shape index (κ2) is 6.83. The second-order valence-electron chi connectivity index (χ2n) is 7.04. The zero-order valence-corrected chi connectivity index (χ0v) is 14.7. The Balaban J connectivity index is 1.30. The molecule has 4 nitrogen and oxygen atoms in total. The molecule has 0 radical (unpaired) electrons. The summed E-state index contributed by atoms with van der Waals surface area (Å²) in [5.74, 6) is 0.277. The lowest BCUT2D eigenvalue weighted by Gasteiger charge is -2.09. The number of halogens is 1. The van der Waals surface area contributed by atoms with Crippen molar-refractivity contribution in [1.29, 1.82) is 0 Å². The van der Waals surface area contributed by atoms with Crippen LogP contribution >= 0.6 is 0 Å². The zero-order chi connectivity index (χ0) is 18.1. The molecule has 0 bridgehead atoms. The molecule has 0 spiro atoms. The van der Waals surface area contributed by atoms with E-state index in [2.05, 4.69) is 27.8 Å². The Hall–Kier alpha value is -2.82. The quantitative estimate of drug-likeness (QED) is 0.623. The van der Waals surface area contributed by atoms with Crippen LogP contribution in [-0.4, -0.2) is 11.0 Å². The third kappa shape index (κ3) is 3.72. The van der Waals surface area contributed by atoms with Crippen LogP contribution in [0.4, 0.5) is 9.18 Å². The topological polar surface area (TPSA) is 56.9 Å².